The first-order valence-electron chi connectivity index (χ1n) is 8.56. The maximum Gasteiger partial charge on any atom is 0.328 e. The van der Waals surface area contributed by atoms with E-state index in [-0.39, 0.29) is 0 Å². The number of halogens is 2. The largest absolute Gasteiger partial charge is 0.545 e. The number of hydrogen-bond donors (Lipinski definition) is 2. The van der Waals surface area contributed by atoms with E-state index < -0.39 is 23.9 Å². The Morgan fingerprint density at radius 2 is 1.03 bits per heavy atom. The summed E-state index contributed by atoms with van der Waals surface area (Å²) in [5.74, 6) is -4.00. The Morgan fingerprint density at radius 1 is 0.724 bits per heavy atom. The smallest absolute Gasteiger partial charge is 0.328 e. The summed E-state index contributed by atoms with van der Waals surface area (Å²) in [6.45, 7) is 8.90. The molecule has 0 aromatic carbocycles. The van der Waals surface area contributed by atoms with Crippen molar-refractivity contribution in [3.05, 3.63) is 24.3 Å². The summed E-state index contributed by atoms with van der Waals surface area (Å²) in [4.78, 5) is 37.9. The van der Waals surface area contributed by atoms with E-state index in [4.69, 9.17) is 33.4 Å². The van der Waals surface area contributed by atoms with Crippen LogP contribution in [0.25, 0.3) is 0 Å². The molecule has 0 radical (unpaired) electrons. The Kier molecular flexibility index (Phi) is 12.2. The van der Waals surface area contributed by atoms with Crippen molar-refractivity contribution in [3.8, 4) is 0 Å². The van der Waals surface area contributed by atoms with Crippen LogP contribution < -0.4 is 10.2 Å². The van der Waals surface area contributed by atoms with Gasteiger partial charge < -0.3 is 30.0 Å². The van der Waals surface area contributed by atoms with Crippen LogP contribution in [-0.2, 0) is 19.2 Å². The third-order valence-corrected chi connectivity index (χ3v) is 4.88. The number of nitrogens with zero attached hydrogens (tertiary/aromatic N) is 2. The second kappa shape index (κ2) is 13.2. The van der Waals surface area contributed by atoms with Crippen LogP contribution in [0.5, 0.6) is 0 Å². The highest BCUT2D eigenvalue weighted by Crippen LogP contribution is 2.31. The quantitative estimate of drug-likeness (QED) is 0.238. The fourth-order valence-corrected chi connectivity index (χ4v) is 3.93. The molecule has 0 unspecified atom stereocenters. The van der Waals surface area contributed by atoms with Gasteiger partial charge in [0.2, 0.25) is 6.67 Å². The third-order valence-electron chi connectivity index (χ3n) is 4.54. The molecule has 2 aliphatic rings. The van der Waals surface area contributed by atoms with Gasteiger partial charge >= 0.3 is 11.9 Å². The van der Waals surface area contributed by atoms with E-state index >= 15 is 0 Å². The van der Waals surface area contributed by atoms with Crippen LogP contribution in [0.4, 0.5) is 0 Å². The third kappa shape index (κ3) is 11.4. The molecule has 2 rings (SSSR count). The lowest BCUT2D eigenvalue weighted by Crippen LogP contribution is -2.48. The van der Waals surface area contributed by atoms with Gasteiger partial charge in [-0.25, -0.2) is 9.59 Å². The van der Waals surface area contributed by atoms with Gasteiger partial charge in [0.25, 0.3) is 0 Å². The number of hydrogen-bond acceptors (Lipinski definition) is 6. The Labute approximate surface area is 178 Å². The van der Waals surface area contributed by atoms with Crippen LogP contribution in [-0.4, -0.2) is 101 Å². The van der Waals surface area contributed by atoms with Crippen molar-refractivity contribution < 1.29 is 48.6 Å². The molecule has 12 heteroatoms. The molecule has 2 fully saturated rings. The summed E-state index contributed by atoms with van der Waals surface area (Å²) in [6.07, 6.45) is 1.88. The average molecular weight is 455 g/mol. The van der Waals surface area contributed by atoms with Gasteiger partial charge in [-0.2, -0.15) is 0 Å². The number of carbonyl (C=O) groups is 4. The molecule has 2 heterocycles. The molecule has 0 spiro atoms. The lowest BCUT2D eigenvalue weighted by molar-refractivity contribution is -0.985. The van der Waals surface area contributed by atoms with Crippen molar-refractivity contribution in [2.75, 3.05) is 57.7 Å². The Balaban J connectivity index is 0.000000432. The molecule has 29 heavy (non-hydrogen) atoms. The molecule has 0 amide bonds. The van der Waals surface area contributed by atoms with E-state index in [1.807, 2.05) is 0 Å². The minimum absolute atomic E-state index is 0.447. The first-order chi connectivity index (χ1) is 13.5. The first kappa shape index (κ1) is 26.9. The van der Waals surface area contributed by atoms with Crippen LogP contribution in [0.1, 0.15) is 0 Å². The second-order valence-electron chi connectivity index (χ2n) is 6.53. The second-order valence-corrected chi connectivity index (χ2v) is 7.28. The standard InChI is InChI=1S/C9H18Cl2N2.2C4H4O4/c10-1-3-12-5-7-13(9-12,4-2-11)8-6-12;2*5-3(6)1-2-4(7)8/h1-9H2;2*1-2H,(H,5,6)(H,7,8)/q+2;;/p-2. The van der Waals surface area contributed by atoms with Crippen molar-refractivity contribution in [2.45, 2.75) is 0 Å². The predicted octanol–water partition coefficient (Wildman–Crippen LogP) is -2.16. The van der Waals surface area contributed by atoms with Crippen molar-refractivity contribution in [3.63, 3.8) is 0 Å². The molecule has 0 saturated carbocycles. The van der Waals surface area contributed by atoms with Gasteiger partial charge in [-0.15, -0.1) is 23.2 Å². The molecule has 0 aliphatic carbocycles. The summed E-state index contributed by atoms with van der Waals surface area (Å²) in [6, 6.07) is 0. The fourth-order valence-electron chi connectivity index (χ4n) is 3.22. The van der Waals surface area contributed by atoms with Crippen LogP contribution in [0.15, 0.2) is 24.3 Å². The minimum Gasteiger partial charge on any atom is -0.545 e. The predicted molar refractivity (Wildman–Crippen MR) is 99.6 cm³/mol. The number of aliphatic carboxylic acids is 4. The molecule has 10 nitrogen and oxygen atoms in total. The van der Waals surface area contributed by atoms with Crippen LogP contribution >= 0.6 is 23.2 Å². The molecule has 0 aromatic rings. The Morgan fingerprint density at radius 3 is 1.21 bits per heavy atom. The highest BCUT2D eigenvalue weighted by Gasteiger charge is 2.54. The molecule has 2 saturated heterocycles. The molecule has 2 bridgehead atoms. The topological polar surface area (TPSA) is 155 Å². The molecule has 164 valence electrons. The zero-order valence-electron chi connectivity index (χ0n) is 15.7. The van der Waals surface area contributed by atoms with Gasteiger partial charge in [0.1, 0.15) is 26.2 Å². The van der Waals surface area contributed by atoms with E-state index in [0.29, 0.717) is 24.3 Å². The summed E-state index contributed by atoms with van der Waals surface area (Å²) >= 11 is 11.7. The number of carboxylic acid groups (broad SMARTS) is 4. The molecule has 2 N–H and O–H groups in total. The molecular weight excluding hydrogens is 431 g/mol. The van der Waals surface area contributed by atoms with Crippen molar-refractivity contribution in [1.29, 1.82) is 0 Å². The summed E-state index contributed by atoms with van der Waals surface area (Å²) in [5, 5.41) is 34.5. The van der Waals surface area contributed by atoms with E-state index in [0.717, 1.165) is 24.8 Å². The number of alkyl halides is 2. The van der Waals surface area contributed by atoms with Crippen LogP contribution in [0.3, 0.4) is 0 Å². The van der Waals surface area contributed by atoms with Crippen molar-refractivity contribution in [1.82, 2.24) is 0 Å². The van der Waals surface area contributed by atoms with E-state index in [9.17, 15) is 29.4 Å². The normalized spacial score (nSPS) is 24.5. The number of quaternary nitrogens is 2. The maximum absolute atomic E-state index is 9.53. The number of carboxylic acids is 4. The van der Waals surface area contributed by atoms with Gasteiger partial charge in [0.05, 0.1) is 36.8 Å². The number of piperazine rings is 1. The lowest BCUT2D eigenvalue weighted by atomic mass is 10.3. The molecule has 0 aromatic heterocycles. The van der Waals surface area contributed by atoms with Gasteiger partial charge in [0.15, 0.2) is 0 Å². The molecular formula is C17H24Cl2N2O8. The maximum atomic E-state index is 9.53. The monoisotopic (exact) mass is 454 g/mol. The minimum atomic E-state index is -1.51. The van der Waals surface area contributed by atoms with E-state index in [2.05, 4.69) is 0 Å². The van der Waals surface area contributed by atoms with Crippen molar-refractivity contribution >= 4 is 47.1 Å². The first-order valence-corrected chi connectivity index (χ1v) is 9.63. The van der Waals surface area contributed by atoms with Gasteiger partial charge in [0, 0.05) is 12.2 Å². The zero-order valence-corrected chi connectivity index (χ0v) is 17.2. The SMILES string of the molecule is ClCC[N+]12CC[N+](CCCl)(CC1)C2.O=C([O-])C=CC(=O)O.O=C([O-])C=CC(=O)O. The number of rotatable bonds is 8. The van der Waals surface area contributed by atoms with Gasteiger partial charge in [-0.1, -0.05) is 0 Å². The summed E-state index contributed by atoms with van der Waals surface area (Å²) in [7, 11) is 0. The molecule has 0 atom stereocenters. The van der Waals surface area contributed by atoms with Crippen LogP contribution in [0, 0.1) is 0 Å². The highest BCUT2D eigenvalue weighted by molar-refractivity contribution is 6.18. The number of fused-ring (bicyclic) bond motifs is 2. The fraction of sp³-hybridized carbons (Fsp3) is 0.529. The van der Waals surface area contributed by atoms with Crippen molar-refractivity contribution in [2.24, 2.45) is 0 Å². The highest BCUT2D eigenvalue weighted by atomic mass is 35.5. The van der Waals surface area contributed by atoms with Gasteiger partial charge in [-0.3, -0.25) is 8.97 Å². The van der Waals surface area contributed by atoms with E-state index in [1.165, 1.54) is 41.8 Å². The summed E-state index contributed by atoms with van der Waals surface area (Å²) < 4.78 is 2.53. The summed E-state index contributed by atoms with van der Waals surface area (Å²) in [5.41, 5.74) is 0. The van der Waals surface area contributed by atoms with Gasteiger partial charge in [-0.05, 0) is 12.2 Å². The van der Waals surface area contributed by atoms with Crippen LogP contribution in [0.2, 0.25) is 0 Å². The Bertz CT molecular complexity index is 557. The average Bonchev–Trinajstić information content (AvgIpc) is 3.15. The van der Waals surface area contributed by atoms with E-state index in [1.54, 1.807) is 0 Å². The Hall–Kier alpha value is -2.14. The molecule has 2 aliphatic heterocycles. The number of carbonyl (C=O) groups excluding carboxylic acids is 2. The zero-order chi connectivity index (χ0) is 22.5. The lowest BCUT2D eigenvalue weighted by Gasteiger charge is -2.26.